The summed E-state index contributed by atoms with van der Waals surface area (Å²) >= 11 is 0. The van der Waals surface area contributed by atoms with E-state index >= 15 is 0 Å². The Kier molecular flexibility index (Phi) is 2.82. The van der Waals surface area contributed by atoms with E-state index in [9.17, 15) is 9.59 Å². The predicted octanol–water partition coefficient (Wildman–Crippen LogP) is 0.238. The predicted molar refractivity (Wildman–Crippen MR) is 58.6 cm³/mol. The van der Waals surface area contributed by atoms with Gasteiger partial charge in [-0.3, -0.25) is 9.78 Å². The fraction of sp³-hybridized carbons (Fsp3) is 0.300. The van der Waals surface area contributed by atoms with E-state index in [4.69, 9.17) is 4.42 Å². The minimum Gasteiger partial charge on any atom is -0.466 e. The molecule has 90 valence electrons. The Hall–Kier alpha value is -2.31. The molecule has 0 fully saturated rings. The van der Waals surface area contributed by atoms with Crippen molar-refractivity contribution in [1.82, 2.24) is 20.5 Å². The highest BCUT2D eigenvalue weighted by molar-refractivity contribution is 5.95. The second-order valence-electron chi connectivity index (χ2n) is 3.63. The molecule has 2 aromatic heterocycles. The number of amides is 1. The maximum atomic E-state index is 11.8. The molecule has 0 radical (unpaired) electrons. The van der Waals surface area contributed by atoms with E-state index in [1.165, 1.54) is 0 Å². The zero-order chi connectivity index (χ0) is 12.4. The van der Waals surface area contributed by atoms with Crippen LogP contribution in [-0.2, 0) is 6.54 Å². The van der Waals surface area contributed by atoms with Crippen LogP contribution in [0.25, 0.3) is 0 Å². The van der Waals surface area contributed by atoms with Crippen molar-refractivity contribution < 1.29 is 9.21 Å². The van der Waals surface area contributed by atoms with E-state index in [1.54, 1.807) is 19.9 Å². The lowest BCUT2D eigenvalue weighted by Crippen LogP contribution is -2.23. The molecule has 0 atom stereocenters. The van der Waals surface area contributed by atoms with Crippen molar-refractivity contribution in [2.45, 2.75) is 20.4 Å². The second kappa shape index (κ2) is 4.28. The standard InChI is InChI=1S/C10H12N4O3/c1-5-3-7(6(2)17-5)9(15)11-4-8-12-10(16)14-13-8/h3H,4H2,1-2H3,(H,11,15)(H2,12,13,14,16). The summed E-state index contributed by atoms with van der Waals surface area (Å²) in [5.41, 5.74) is 0.0879. The largest absolute Gasteiger partial charge is 0.466 e. The normalized spacial score (nSPS) is 10.5. The lowest BCUT2D eigenvalue weighted by molar-refractivity contribution is 0.0948. The topological polar surface area (TPSA) is 104 Å². The minimum absolute atomic E-state index is 0.154. The number of rotatable bonds is 3. The number of nitrogens with zero attached hydrogens (tertiary/aromatic N) is 1. The maximum Gasteiger partial charge on any atom is 0.340 e. The molecule has 2 aromatic rings. The Balaban J connectivity index is 2.02. The molecule has 0 bridgehead atoms. The number of aromatic amines is 2. The van der Waals surface area contributed by atoms with Crippen molar-refractivity contribution >= 4 is 5.91 Å². The SMILES string of the molecule is Cc1cc(C(=O)NCc2n[nH]c(=O)[nH]2)c(C)o1. The van der Waals surface area contributed by atoms with Gasteiger partial charge in [-0.05, 0) is 19.9 Å². The molecule has 3 N–H and O–H groups in total. The summed E-state index contributed by atoms with van der Waals surface area (Å²) in [5.74, 6) is 1.36. The Morgan fingerprint density at radius 3 is 2.82 bits per heavy atom. The van der Waals surface area contributed by atoms with Crippen molar-refractivity contribution in [3.05, 3.63) is 39.5 Å². The van der Waals surface area contributed by atoms with Crippen molar-refractivity contribution in [2.75, 3.05) is 0 Å². The van der Waals surface area contributed by atoms with Gasteiger partial charge in [0.2, 0.25) is 0 Å². The Morgan fingerprint density at radius 1 is 1.53 bits per heavy atom. The third-order valence-electron chi connectivity index (χ3n) is 2.25. The average molecular weight is 236 g/mol. The molecular formula is C10H12N4O3. The van der Waals surface area contributed by atoms with Gasteiger partial charge in [0.15, 0.2) is 0 Å². The Morgan fingerprint density at radius 2 is 2.29 bits per heavy atom. The summed E-state index contributed by atoms with van der Waals surface area (Å²) in [4.78, 5) is 25.0. The number of hydrogen-bond donors (Lipinski definition) is 3. The Bertz CT molecular complexity index is 593. The van der Waals surface area contributed by atoms with Gasteiger partial charge in [0.05, 0.1) is 12.1 Å². The molecule has 0 aliphatic rings. The molecule has 0 aliphatic heterocycles. The summed E-state index contributed by atoms with van der Waals surface area (Å²) < 4.78 is 5.25. The Labute approximate surface area is 96.2 Å². The fourth-order valence-corrected chi connectivity index (χ4v) is 1.50. The molecule has 1 amide bonds. The molecular weight excluding hydrogens is 224 g/mol. The number of furan rings is 1. The summed E-state index contributed by atoms with van der Waals surface area (Å²) in [6.45, 7) is 3.65. The molecule has 0 spiro atoms. The van der Waals surface area contributed by atoms with Crippen molar-refractivity contribution in [3.63, 3.8) is 0 Å². The molecule has 0 aromatic carbocycles. The molecule has 0 unspecified atom stereocenters. The first-order valence-corrected chi connectivity index (χ1v) is 5.05. The monoisotopic (exact) mass is 236 g/mol. The van der Waals surface area contributed by atoms with E-state index in [0.29, 0.717) is 22.9 Å². The number of carbonyl (C=O) groups is 1. The molecule has 2 rings (SSSR count). The zero-order valence-electron chi connectivity index (χ0n) is 9.46. The molecule has 0 saturated heterocycles. The highest BCUT2D eigenvalue weighted by atomic mass is 16.3. The van der Waals surface area contributed by atoms with Crippen LogP contribution in [0.1, 0.15) is 27.7 Å². The quantitative estimate of drug-likeness (QED) is 0.709. The number of aromatic nitrogens is 3. The number of H-pyrrole nitrogens is 2. The highest BCUT2D eigenvalue weighted by Crippen LogP contribution is 2.13. The van der Waals surface area contributed by atoms with Crippen molar-refractivity contribution in [3.8, 4) is 0 Å². The molecule has 2 heterocycles. The summed E-state index contributed by atoms with van der Waals surface area (Å²) in [6.07, 6.45) is 0. The lowest BCUT2D eigenvalue weighted by atomic mass is 10.2. The van der Waals surface area contributed by atoms with E-state index in [0.717, 1.165) is 0 Å². The van der Waals surface area contributed by atoms with Crippen LogP contribution in [0, 0.1) is 13.8 Å². The lowest BCUT2D eigenvalue weighted by Gasteiger charge is -2.00. The summed E-state index contributed by atoms with van der Waals surface area (Å²) in [6, 6.07) is 1.66. The summed E-state index contributed by atoms with van der Waals surface area (Å²) in [5, 5.41) is 8.53. The first-order valence-electron chi connectivity index (χ1n) is 5.05. The summed E-state index contributed by atoms with van der Waals surface area (Å²) in [7, 11) is 0. The van der Waals surface area contributed by atoms with Crippen LogP contribution in [0.2, 0.25) is 0 Å². The number of carbonyl (C=O) groups excluding carboxylic acids is 1. The second-order valence-corrected chi connectivity index (χ2v) is 3.63. The van der Waals surface area contributed by atoms with Gasteiger partial charge in [-0.15, -0.1) is 0 Å². The van der Waals surface area contributed by atoms with Crippen molar-refractivity contribution in [2.24, 2.45) is 0 Å². The van der Waals surface area contributed by atoms with Gasteiger partial charge < -0.3 is 9.73 Å². The number of nitrogens with one attached hydrogen (secondary N) is 3. The minimum atomic E-state index is -0.399. The van der Waals surface area contributed by atoms with Gasteiger partial charge in [0.1, 0.15) is 17.3 Å². The number of aryl methyl sites for hydroxylation is 2. The molecule has 7 heteroatoms. The van der Waals surface area contributed by atoms with Gasteiger partial charge in [-0.25, -0.2) is 9.89 Å². The first kappa shape index (κ1) is 11.2. The first-order chi connectivity index (χ1) is 8.06. The zero-order valence-corrected chi connectivity index (χ0v) is 9.46. The van der Waals surface area contributed by atoms with E-state index in [2.05, 4.69) is 20.5 Å². The number of hydrogen-bond acceptors (Lipinski definition) is 4. The van der Waals surface area contributed by atoms with Crippen LogP contribution in [-0.4, -0.2) is 21.1 Å². The smallest absolute Gasteiger partial charge is 0.340 e. The van der Waals surface area contributed by atoms with E-state index < -0.39 is 5.69 Å². The van der Waals surface area contributed by atoms with Gasteiger partial charge in [0.25, 0.3) is 5.91 Å². The third kappa shape index (κ3) is 2.44. The van der Waals surface area contributed by atoms with Crippen LogP contribution in [0.3, 0.4) is 0 Å². The average Bonchev–Trinajstić information content (AvgIpc) is 2.81. The van der Waals surface area contributed by atoms with Crippen LogP contribution >= 0.6 is 0 Å². The fourth-order valence-electron chi connectivity index (χ4n) is 1.50. The molecule has 0 saturated carbocycles. The van der Waals surface area contributed by atoms with Crippen LogP contribution < -0.4 is 11.0 Å². The van der Waals surface area contributed by atoms with Crippen LogP contribution in [0.4, 0.5) is 0 Å². The molecule has 0 aliphatic carbocycles. The van der Waals surface area contributed by atoms with Gasteiger partial charge in [-0.1, -0.05) is 0 Å². The van der Waals surface area contributed by atoms with E-state index in [-0.39, 0.29) is 12.5 Å². The van der Waals surface area contributed by atoms with Gasteiger partial charge in [0, 0.05) is 0 Å². The highest BCUT2D eigenvalue weighted by Gasteiger charge is 2.13. The van der Waals surface area contributed by atoms with Crippen LogP contribution in [0.15, 0.2) is 15.3 Å². The molecule has 7 nitrogen and oxygen atoms in total. The van der Waals surface area contributed by atoms with Crippen molar-refractivity contribution in [1.29, 1.82) is 0 Å². The van der Waals surface area contributed by atoms with Gasteiger partial charge in [-0.2, -0.15) is 5.10 Å². The molecule has 17 heavy (non-hydrogen) atoms. The van der Waals surface area contributed by atoms with Crippen LogP contribution in [0.5, 0.6) is 0 Å². The third-order valence-corrected chi connectivity index (χ3v) is 2.25. The van der Waals surface area contributed by atoms with Gasteiger partial charge >= 0.3 is 5.69 Å². The van der Waals surface area contributed by atoms with E-state index in [1.807, 2.05) is 0 Å². The maximum absolute atomic E-state index is 11.8.